The lowest BCUT2D eigenvalue weighted by molar-refractivity contribution is -0.143. The first-order valence-corrected chi connectivity index (χ1v) is 13.6. The maximum atomic E-state index is 13.9. The van der Waals surface area contributed by atoms with E-state index in [9.17, 15) is 9.59 Å². The summed E-state index contributed by atoms with van der Waals surface area (Å²) in [5.41, 5.74) is 5.72. The molecule has 41 heavy (non-hydrogen) atoms. The van der Waals surface area contributed by atoms with Crippen LogP contribution in [0.2, 0.25) is 0 Å². The molecule has 2 heterocycles. The summed E-state index contributed by atoms with van der Waals surface area (Å²) in [6.45, 7) is 3.06. The lowest BCUT2D eigenvalue weighted by Gasteiger charge is -2.33. The van der Waals surface area contributed by atoms with Crippen LogP contribution in [0.1, 0.15) is 22.4 Å². The number of hydrogen-bond acceptors (Lipinski definition) is 5. The highest BCUT2D eigenvalue weighted by Gasteiger charge is 2.31. The van der Waals surface area contributed by atoms with Crippen molar-refractivity contribution < 1.29 is 14.3 Å². The Balaban J connectivity index is 1.68. The summed E-state index contributed by atoms with van der Waals surface area (Å²) < 4.78 is 5.21. The number of carbonyl (C=O) groups is 2. The van der Waals surface area contributed by atoms with E-state index >= 15 is 0 Å². The number of aromatic nitrogens is 2. The number of likely N-dealkylation sites (N-methyl/N-ethyl adjacent to an activating group) is 1. The Morgan fingerprint density at radius 1 is 0.902 bits per heavy atom. The van der Waals surface area contributed by atoms with Crippen LogP contribution >= 0.6 is 0 Å². The zero-order valence-electron chi connectivity index (χ0n) is 23.8. The van der Waals surface area contributed by atoms with Crippen molar-refractivity contribution in [2.24, 2.45) is 0 Å². The Bertz CT molecular complexity index is 1420. The molecule has 1 atom stereocenters. The lowest BCUT2D eigenvalue weighted by atomic mass is 10.0. The fourth-order valence-corrected chi connectivity index (χ4v) is 4.48. The molecular weight excluding hydrogens is 512 g/mol. The van der Waals surface area contributed by atoms with E-state index in [2.05, 4.69) is 9.97 Å². The van der Waals surface area contributed by atoms with Crippen molar-refractivity contribution in [2.75, 3.05) is 27.3 Å². The molecule has 2 amide bonds. The average molecular weight is 549 g/mol. The maximum Gasteiger partial charge on any atom is 0.247 e. The number of amides is 2. The van der Waals surface area contributed by atoms with E-state index in [4.69, 9.17) is 4.74 Å². The summed E-state index contributed by atoms with van der Waals surface area (Å²) in [5, 5.41) is 0. The van der Waals surface area contributed by atoms with Gasteiger partial charge in [0.1, 0.15) is 6.04 Å². The molecule has 0 radical (unpaired) electrons. The molecule has 0 saturated heterocycles. The summed E-state index contributed by atoms with van der Waals surface area (Å²) in [6, 6.07) is 24.8. The van der Waals surface area contributed by atoms with Crippen molar-refractivity contribution in [2.45, 2.75) is 25.9 Å². The Kier molecular flexibility index (Phi) is 10.5. The summed E-state index contributed by atoms with van der Waals surface area (Å²) in [4.78, 5) is 39.5. The van der Waals surface area contributed by atoms with Crippen LogP contribution in [0.5, 0.6) is 0 Å². The van der Waals surface area contributed by atoms with Gasteiger partial charge >= 0.3 is 0 Å². The van der Waals surface area contributed by atoms with E-state index in [0.717, 1.165) is 27.8 Å². The van der Waals surface area contributed by atoms with Crippen LogP contribution in [-0.2, 0) is 27.3 Å². The third kappa shape index (κ3) is 8.43. The third-order valence-corrected chi connectivity index (χ3v) is 6.87. The molecule has 4 aromatic rings. The predicted octanol–water partition coefficient (Wildman–Crippen LogP) is 5.21. The van der Waals surface area contributed by atoms with E-state index in [-0.39, 0.29) is 18.4 Å². The highest BCUT2D eigenvalue weighted by molar-refractivity contribution is 5.95. The van der Waals surface area contributed by atoms with Gasteiger partial charge in [0.15, 0.2) is 0 Å². The van der Waals surface area contributed by atoms with Gasteiger partial charge in [0, 0.05) is 58.3 Å². The van der Waals surface area contributed by atoms with E-state index in [1.807, 2.05) is 85.8 Å². The van der Waals surface area contributed by atoms with Crippen molar-refractivity contribution in [3.63, 3.8) is 0 Å². The third-order valence-electron chi connectivity index (χ3n) is 6.87. The minimum Gasteiger partial charge on any atom is -0.383 e. The van der Waals surface area contributed by atoms with Gasteiger partial charge in [-0.15, -0.1) is 0 Å². The van der Waals surface area contributed by atoms with Crippen LogP contribution in [0.15, 0.2) is 104 Å². The molecule has 0 spiro atoms. The average Bonchev–Trinajstić information content (AvgIpc) is 3.02. The molecule has 0 bridgehead atoms. The highest BCUT2D eigenvalue weighted by atomic mass is 16.5. The number of pyridine rings is 2. The van der Waals surface area contributed by atoms with Crippen molar-refractivity contribution >= 4 is 17.9 Å². The van der Waals surface area contributed by atoms with Gasteiger partial charge < -0.3 is 14.5 Å². The van der Waals surface area contributed by atoms with Gasteiger partial charge in [-0.05, 0) is 59.0 Å². The van der Waals surface area contributed by atoms with Crippen LogP contribution in [0, 0.1) is 6.92 Å². The van der Waals surface area contributed by atoms with Crippen molar-refractivity contribution in [1.82, 2.24) is 19.8 Å². The number of carbonyl (C=O) groups excluding carboxylic acids is 2. The minimum atomic E-state index is -0.720. The zero-order chi connectivity index (χ0) is 29.0. The first-order valence-electron chi connectivity index (χ1n) is 13.6. The predicted molar refractivity (Wildman–Crippen MR) is 162 cm³/mol. The van der Waals surface area contributed by atoms with Gasteiger partial charge in [-0.2, -0.15) is 0 Å². The molecule has 2 aromatic heterocycles. The standard InChI is InChI=1S/C34H36N4O3/c1-26-9-14-31(36-24-26)15-16-33(39)38(25-28-10-12-29(13-11-28)30-17-19-35-20-18-30)32(23-27-7-5-4-6-8-27)34(40)37(2)21-22-41-3/h4-20,24,32H,21-23,25H2,1-3H3/b16-15+/t32-/m0/s1. The SMILES string of the molecule is COCCN(C)C(=O)[C@H](Cc1ccccc1)N(Cc1ccc(-c2ccncc2)cc1)C(=O)/C=C/c1ccc(C)cn1. The Morgan fingerprint density at radius 2 is 1.61 bits per heavy atom. The van der Waals surface area contributed by atoms with E-state index < -0.39 is 6.04 Å². The van der Waals surface area contributed by atoms with Crippen LogP contribution < -0.4 is 0 Å². The van der Waals surface area contributed by atoms with E-state index in [0.29, 0.717) is 25.3 Å². The fourth-order valence-electron chi connectivity index (χ4n) is 4.48. The molecule has 0 aliphatic rings. The molecule has 0 N–H and O–H groups in total. The topological polar surface area (TPSA) is 75.6 Å². The van der Waals surface area contributed by atoms with Crippen LogP contribution in [0.4, 0.5) is 0 Å². The monoisotopic (exact) mass is 548 g/mol. The molecule has 7 heteroatoms. The number of methoxy groups -OCH3 is 1. The fraction of sp³-hybridized carbons (Fsp3) is 0.235. The number of nitrogens with zero attached hydrogens (tertiary/aromatic N) is 4. The van der Waals surface area contributed by atoms with E-state index in [1.165, 1.54) is 6.08 Å². The number of ether oxygens (including phenoxy) is 1. The van der Waals surface area contributed by atoms with Gasteiger partial charge in [-0.3, -0.25) is 19.6 Å². The second-order valence-electron chi connectivity index (χ2n) is 9.95. The Hall–Kier alpha value is -4.62. The quantitative estimate of drug-likeness (QED) is 0.227. The normalized spacial score (nSPS) is 11.8. The molecule has 0 fully saturated rings. The molecule has 0 saturated carbocycles. The molecule has 7 nitrogen and oxygen atoms in total. The van der Waals surface area contributed by atoms with Crippen molar-refractivity contribution in [1.29, 1.82) is 0 Å². The first kappa shape index (κ1) is 29.4. The summed E-state index contributed by atoms with van der Waals surface area (Å²) in [6.07, 6.45) is 8.87. The van der Waals surface area contributed by atoms with Gasteiger partial charge in [0.05, 0.1) is 12.3 Å². The van der Waals surface area contributed by atoms with Crippen molar-refractivity contribution in [3.05, 3.63) is 126 Å². The molecule has 2 aromatic carbocycles. The Morgan fingerprint density at radius 3 is 2.27 bits per heavy atom. The van der Waals surface area contributed by atoms with E-state index in [1.54, 1.807) is 48.6 Å². The second-order valence-corrected chi connectivity index (χ2v) is 9.95. The van der Waals surface area contributed by atoms with Crippen LogP contribution in [0.25, 0.3) is 17.2 Å². The molecule has 0 aliphatic carbocycles. The molecule has 0 unspecified atom stereocenters. The van der Waals surface area contributed by atoms with Crippen molar-refractivity contribution in [3.8, 4) is 11.1 Å². The highest BCUT2D eigenvalue weighted by Crippen LogP contribution is 2.21. The number of benzene rings is 2. The van der Waals surface area contributed by atoms with Gasteiger partial charge in [-0.1, -0.05) is 60.7 Å². The molecule has 0 aliphatic heterocycles. The zero-order valence-corrected chi connectivity index (χ0v) is 23.8. The van der Waals surface area contributed by atoms with Gasteiger partial charge in [-0.25, -0.2) is 0 Å². The smallest absolute Gasteiger partial charge is 0.247 e. The number of aryl methyl sites for hydroxylation is 1. The Labute approximate surface area is 242 Å². The summed E-state index contributed by atoms with van der Waals surface area (Å²) in [7, 11) is 3.35. The summed E-state index contributed by atoms with van der Waals surface area (Å²) in [5.74, 6) is -0.408. The maximum absolute atomic E-state index is 13.9. The van der Waals surface area contributed by atoms with Gasteiger partial charge in [0.25, 0.3) is 0 Å². The molecular formula is C34H36N4O3. The van der Waals surface area contributed by atoms with Crippen LogP contribution in [-0.4, -0.2) is 64.9 Å². The summed E-state index contributed by atoms with van der Waals surface area (Å²) >= 11 is 0. The lowest BCUT2D eigenvalue weighted by Crippen LogP contribution is -2.51. The number of hydrogen-bond donors (Lipinski definition) is 0. The minimum absolute atomic E-state index is 0.144. The second kappa shape index (κ2) is 14.7. The number of rotatable bonds is 12. The van der Waals surface area contributed by atoms with Gasteiger partial charge in [0.2, 0.25) is 11.8 Å². The molecule has 4 rings (SSSR count). The van der Waals surface area contributed by atoms with Crippen LogP contribution in [0.3, 0.4) is 0 Å². The molecule has 210 valence electrons. The first-order chi connectivity index (χ1) is 19.9. The largest absolute Gasteiger partial charge is 0.383 e.